The zero-order chi connectivity index (χ0) is 18.7. The molecule has 0 radical (unpaired) electrons. The van der Waals surface area contributed by atoms with Crippen LogP contribution in [0.3, 0.4) is 0 Å². The molecule has 0 saturated carbocycles. The van der Waals surface area contributed by atoms with E-state index in [9.17, 15) is 14.0 Å². The van der Waals surface area contributed by atoms with Crippen LogP contribution in [0.1, 0.15) is 25.8 Å². The van der Waals surface area contributed by atoms with Crippen molar-refractivity contribution in [3.8, 4) is 5.75 Å². The number of amides is 3. The third-order valence-electron chi connectivity index (χ3n) is 3.64. The molecule has 138 valence electrons. The third-order valence-corrected chi connectivity index (χ3v) is 4.57. The van der Waals surface area contributed by atoms with Gasteiger partial charge in [-0.15, -0.1) is 10.2 Å². The summed E-state index contributed by atoms with van der Waals surface area (Å²) in [4.78, 5) is 25.0. The van der Waals surface area contributed by atoms with E-state index < -0.39 is 17.4 Å². The number of hydrogen-bond donors (Lipinski definition) is 1. The topological polar surface area (TPSA) is 97.6 Å². The number of imide groups is 1. The number of benzene rings is 1. The minimum atomic E-state index is -0.555. The van der Waals surface area contributed by atoms with E-state index in [2.05, 4.69) is 15.5 Å². The summed E-state index contributed by atoms with van der Waals surface area (Å²) in [5, 5.41) is 10.0. The summed E-state index contributed by atoms with van der Waals surface area (Å²) in [6.07, 6.45) is -0.544. The number of rotatable bonds is 6. The lowest BCUT2D eigenvalue weighted by Crippen LogP contribution is -2.38. The molecule has 1 aromatic carbocycles. The van der Waals surface area contributed by atoms with Gasteiger partial charge in [0.1, 0.15) is 11.6 Å². The van der Waals surface area contributed by atoms with Gasteiger partial charge in [0.15, 0.2) is 6.10 Å². The van der Waals surface area contributed by atoms with E-state index in [0.29, 0.717) is 18.8 Å². The van der Waals surface area contributed by atoms with E-state index in [0.717, 1.165) is 16.7 Å². The summed E-state index contributed by atoms with van der Waals surface area (Å²) in [6, 6.07) is 5.19. The summed E-state index contributed by atoms with van der Waals surface area (Å²) in [5.74, 6) is 0.0254. The number of aromatic nitrogens is 2. The molecule has 1 aliphatic heterocycles. The molecule has 1 fully saturated rings. The number of carbonyl (C=O) groups is 2. The Bertz CT molecular complexity index is 798. The molecule has 1 aliphatic rings. The predicted octanol–water partition coefficient (Wildman–Crippen LogP) is 2.38. The number of hydrogen-bond acceptors (Lipinski definition) is 7. The fourth-order valence-corrected chi connectivity index (χ4v) is 3.05. The maximum atomic E-state index is 12.9. The van der Waals surface area contributed by atoms with Crippen molar-refractivity contribution >= 4 is 23.7 Å². The van der Waals surface area contributed by atoms with Crippen LogP contribution in [0.5, 0.6) is 5.75 Å². The highest BCUT2D eigenvalue weighted by atomic mass is 32.2. The molecular formula is C16H17FN4O4S. The van der Waals surface area contributed by atoms with Crippen molar-refractivity contribution in [3.63, 3.8) is 0 Å². The SMILES string of the molecule is C[C@H](Sc1nnc([C@@H](C)Oc2ccc(F)cc2)o1)C(=O)N1CCNC1=O. The second-order valence-electron chi connectivity index (χ2n) is 5.60. The Balaban J connectivity index is 1.59. The van der Waals surface area contributed by atoms with E-state index >= 15 is 0 Å². The van der Waals surface area contributed by atoms with Gasteiger partial charge in [0.25, 0.3) is 11.1 Å². The minimum absolute atomic E-state index is 0.204. The lowest BCUT2D eigenvalue weighted by Gasteiger charge is -2.15. The largest absolute Gasteiger partial charge is 0.481 e. The fourth-order valence-electron chi connectivity index (χ4n) is 2.30. The molecule has 26 heavy (non-hydrogen) atoms. The molecular weight excluding hydrogens is 363 g/mol. The molecule has 0 unspecified atom stereocenters. The van der Waals surface area contributed by atoms with Gasteiger partial charge in [-0.3, -0.25) is 9.69 Å². The number of nitrogens with zero attached hydrogens (tertiary/aromatic N) is 3. The van der Waals surface area contributed by atoms with Crippen LogP contribution in [-0.2, 0) is 4.79 Å². The van der Waals surface area contributed by atoms with E-state index in [1.165, 1.54) is 24.3 Å². The van der Waals surface area contributed by atoms with Crippen LogP contribution in [0.2, 0.25) is 0 Å². The van der Waals surface area contributed by atoms with Gasteiger partial charge in [-0.05, 0) is 38.1 Å². The summed E-state index contributed by atoms with van der Waals surface area (Å²) >= 11 is 1.07. The lowest BCUT2D eigenvalue weighted by molar-refractivity contribution is -0.126. The molecule has 0 bridgehead atoms. The van der Waals surface area contributed by atoms with Gasteiger partial charge in [-0.2, -0.15) is 0 Å². The van der Waals surface area contributed by atoms with Crippen molar-refractivity contribution in [2.24, 2.45) is 0 Å². The summed E-state index contributed by atoms with van der Waals surface area (Å²) in [7, 11) is 0. The molecule has 1 aromatic heterocycles. The Morgan fingerprint density at radius 3 is 2.73 bits per heavy atom. The summed E-state index contributed by atoms with van der Waals surface area (Å²) < 4.78 is 24.1. The van der Waals surface area contributed by atoms with Gasteiger partial charge in [0.2, 0.25) is 5.91 Å². The molecule has 2 aromatic rings. The first-order chi connectivity index (χ1) is 12.4. The van der Waals surface area contributed by atoms with Crippen LogP contribution in [0.25, 0.3) is 0 Å². The van der Waals surface area contributed by atoms with Crippen LogP contribution < -0.4 is 10.1 Å². The number of ether oxygens (including phenoxy) is 1. The van der Waals surface area contributed by atoms with E-state index in [-0.39, 0.29) is 22.8 Å². The number of nitrogens with one attached hydrogen (secondary N) is 1. The average molecular weight is 380 g/mol. The smallest absolute Gasteiger partial charge is 0.324 e. The quantitative estimate of drug-likeness (QED) is 0.769. The summed E-state index contributed by atoms with van der Waals surface area (Å²) in [6.45, 7) is 4.18. The van der Waals surface area contributed by atoms with Crippen LogP contribution in [0, 0.1) is 5.82 Å². The van der Waals surface area contributed by atoms with Gasteiger partial charge in [-0.25, -0.2) is 9.18 Å². The highest BCUT2D eigenvalue weighted by molar-refractivity contribution is 8.00. The van der Waals surface area contributed by atoms with Crippen molar-refractivity contribution in [1.82, 2.24) is 20.4 Å². The van der Waals surface area contributed by atoms with Crippen LogP contribution in [0.15, 0.2) is 33.9 Å². The summed E-state index contributed by atoms with van der Waals surface area (Å²) in [5.41, 5.74) is 0. The van der Waals surface area contributed by atoms with Gasteiger partial charge in [0, 0.05) is 13.1 Å². The molecule has 2 heterocycles. The van der Waals surface area contributed by atoms with Gasteiger partial charge < -0.3 is 14.5 Å². The van der Waals surface area contributed by atoms with Crippen molar-refractivity contribution in [2.45, 2.75) is 30.4 Å². The number of urea groups is 1. The Morgan fingerprint density at radius 2 is 2.08 bits per heavy atom. The zero-order valence-corrected chi connectivity index (χ0v) is 15.0. The van der Waals surface area contributed by atoms with Crippen molar-refractivity contribution in [2.75, 3.05) is 13.1 Å². The molecule has 8 nitrogen and oxygen atoms in total. The molecule has 1 saturated heterocycles. The molecule has 2 atom stereocenters. The molecule has 1 N–H and O–H groups in total. The standard InChI is InChI=1S/C16H17FN4O4S/c1-9(24-12-5-3-11(17)4-6-12)13-19-20-16(25-13)26-10(2)14(22)21-8-7-18-15(21)23/h3-6,9-10H,7-8H2,1-2H3,(H,18,23)/t9-,10+/m1/s1. The second-order valence-corrected chi connectivity index (χ2v) is 6.89. The highest BCUT2D eigenvalue weighted by Gasteiger charge is 2.31. The Kier molecular flexibility index (Phi) is 5.40. The van der Waals surface area contributed by atoms with Gasteiger partial charge in [0.05, 0.1) is 5.25 Å². The van der Waals surface area contributed by atoms with Crippen LogP contribution >= 0.6 is 11.8 Å². The molecule has 0 aliphatic carbocycles. The Morgan fingerprint density at radius 1 is 1.35 bits per heavy atom. The minimum Gasteiger partial charge on any atom is -0.481 e. The maximum absolute atomic E-state index is 12.9. The molecule has 0 spiro atoms. The van der Waals surface area contributed by atoms with Gasteiger partial charge >= 0.3 is 6.03 Å². The van der Waals surface area contributed by atoms with Crippen molar-refractivity contribution in [3.05, 3.63) is 36.0 Å². The number of carbonyl (C=O) groups excluding carboxylic acids is 2. The van der Waals surface area contributed by atoms with E-state index in [4.69, 9.17) is 9.15 Å². The van der Waals surface area contributed by atoms with E-state index in [1.54, 1.807) is 13.8 Å². The fraction of sp³-hybridized carbons (Fsp3) is 0.375. The molecule has 3 amide bonds. The average Bonchev–Trinajstić information content (AvgIpc) is 3.25. The monoisotopic (exact) mass is 380 g/mol. The van der Waals surface area contributed by atoms with Gasteiger partial charge in [-0.1, -0.05) is 11.8 Å². The Labute approximate surface area is 153 Å². The number of halogens is 1. The number of thioether (sulfide) groups is 1. The van der Waals surface area contributed by atoms with Crippen molar-refractivity contribution < 1.29 is 23.1 Å². The first kappa shape index (κ1) is 18.2. The van der Waals surface area contributed by atoms with Crippen molar-refractivity contribution in [1.29, 1.82) is 0 Å². The maximum Gasteiger partial charge on any atom is 0.324 e. The zero-order valence-electron chi connectivity index (χ0n) is 14.1. The third kappa shape index (κ3) is 4.13. The highest BCUT2D eigenvalue weighted by Crippen LogP contribution is 2.27. The lowest BCUT2D eigenvalue weighted by atomic mass is 10.3. The Hall–Kier alpha value is -2.62. The second kappa shape index (κ2) is 7.73. The van der Waals surface area contributed by atoms with Crippen LogP contribution in [0.4, 0.5) is 9.18 Å². The molecule has 3 rings (SSSR count). The normalized spacial score (nSPS) is 16.3. The van der Waals surface area contributed by atoms with E-state index in [1.807, 2.05) is 0 Å². The first-order valence-corrected chi connectivity index (χ1v) is 8.83. The predicted molar refractivity (Wildman–Crippen MR) is 90.2 cm³/mol. The van der Waals surface area contributed by atoms with Crippen LogP contribution in [-0.4, -0.2) is 45.4 Å². The first-order valence-electron chi connectivity index (χ1n) is 7.95. The molecule has 10 heteroatoms.